The number of nitrogens with zero attached hydrogens (tertiary/aromatic N) is 1. The number of methoxy groups -OCH3 is 1. The number of ether oxygens (including phenoxy) is 2. The average Bonchev–Trinajstić information content (AvgIpc) is 2.74. The second-order valence-electron chi connectivity index (χ2n) is 7.25. The van der Waals surface area contributed by atoms with E-state index in [0.717, 1.165) is 12.1 Å². The molecule has 0 aliphatic carbocycles. The van der Waals surface area contributed by atoms with Crippen molar-refractivity contribution in [3.05, 3.63) is 76.5 Å². The van der Waals surface area contributed by atoms with E-state index in [-0.39, 0.29) is 36.5 Å². The molecule has 0 spiro atoms. The van der Waals surface area contributed by atoms with Crippen LogP contribution in [0.1, 0.15) is 24.1 Å². The third-order valence-corrected chi connectivity index (χ3v) is 5.05. The molecule has 0 fully saturated rings. The standard InChI is InChI=1S/C23H22F2N2O6/c1-13-20(22(30)33-10-9-32-2)21(17-8-5-15(24)12-18(17)25)26-23(31)27(13)16-6-3-14(4-7-16)11-19(28)29/h3-8,12,21H,9-11H2,1-2H3,(H,26,31)(H,28,29). The maximum atomic E-state index is 14.6. The van der Waals surface area contributed by atoms with E-state index in [1.807, 2.05) is 0 Å². The van der Waals surface area contributed by atoms with Crippen molar-refractivity contribution in [2.24, 2.45) is 0 Å². The number of benzene rings is 2. The molecule has 2 aromatic carbocycles. The number of rotatable bonds is 8. The Hall–Kier alpha value is -3.79. The first-order valence-electron chi connectivity index (χ1n) is 9.96. The highest BCUT2D eigenvalue weighted by Crippen LogP contribution is 2.35. The SMILES string of the molecule is COCCOC(=O)C1=C(C)N(c2ccc(CC(=O)O)cc2)C(=O)NC1c1ccc(F)cc1F. The summed E-state index contributed by atoms with van der Waals surface area (Å²) in [4.78, 5) is 38.0. The van der Waals surface area contributed by atoms with Crippen LogP contribution >= 0.6 is 0 Å². The zero-order valence-corrected chi connectivity index (χ0v) is 17.9. The predicted octanol–water partition coefficient (Wildman–Crippen LogP) is 3.33. The lowest BCUT2D eigenvalue weighted by molar-refractivity contribution is -0.141. The quantitative estimate of drug-likeness (QED) is 0.463. The lowest BCUT2D eigenvalue weighted by Gasteiger charge is -2.35. The minimum absolute atomic E-state index is 0.0363. The van der Waals surface area contributed by atoms with Crippen molar-refractivity contribution in [2.45, 2.75) is 19.4 Å². The van der Waals surface area contributed by atoms with Crippen LogP contribution in [0.25, 0.3) is 0 Å². The number of aliphatic carboxylic acids is 1. The van der Waals surface area contributed by atoms with E-state index in [9.17, 15) is 23.2 Å². The van der Waals surface area contributed by atoms with Gasteiger partial charge in [-0.15, -0.1) is 0 Å². The van der Waals surface area contributed by atoms with Crippen molar-refractivity contribution in [1.29, 1.82) is 0 Å². The fraction of sp³-hybridized carbons (Fsp3) is 0.261. The average molecular weight is 460 g/mol. The lowest BCUT2D eigenvalue weighted by atomic mass is 9.94. The molecule has 0 saturated carbocycles. The molecule has 1 aliphatic rings. The van der Waals surface area contributed by atoms with Gasteiger partial charge in [0, 0.05) is 24.4 Å². The van der Waals surface area contributed by atoms with Crippen molar-refractivity contribution in [3.63, 3.8) is 0 Å². The molecule has 1 aliphatic heterocycles. The van der Waals surface area contributed by atoms with Crippen LogP contribution in [0.2, 0.25) is 0 Å². The van der Waals surface area contributed by atoms with Crippen molar-refractivity contribution in [1.82, 2.24) is 5.32 Å². The molecule has 1 unspecified atom stereocenters. The van der Waals surface area contributed by atoms with Crippen LogP contribution in [0.3, 0.4) is 0 Å². The molecular formula is C23H22F2N2O6. The van der Waals surface area contributed by atoms with E-state index in [0.29, 0.717) is 17.3 Å². The number of carbonyl (C=O) groups excluding carboxylic acids is 2. The third kappa shape index (κ3) is 5.35. The number of halogens is 2. The number of carboxylic acids is 1. The van der Waals surface area contributed by atoms with Crippen LogP contribution in [0.5, 0.6) is 0 Å². The molecule has 0 aromatic heterocycles. The zero-order valence-electron chi connectivity index (χ0n) is 17.9. The Balaban J connectivity index is 2.05. The van der Waals surface area contributed by atoms with Gasteiger partial charge in [0.25, 0.3) is 0 Å². The van der Waals surface area contributed by atoms with Gasteiger partial charge >= 0.3 is 18.0 Å². The van der Waals surface area contributed by atoms with Gasteiger partial charge in [-0.3, -0.25) is 9.69 Å². The van der Waals surface area contributed by atoms with Gasteiger partial charge < -0.3 is 19.9 Å². The smallest absolute Gasteiger partial charge is 0.338 e. The van der Waals surface area contributed by atoms with Crippen LogP contribution in [0, 0.1) is 11.6 Å². The summed E-state index contributed by atoms with van der Waals surface area (Å²) in [6, 6.07) is 7.15. The summed E-state index contributed by atoms with van der Waals surface area (Å²) in [5.41, 5.74) is 0.932. The summed E-state index contributed by atoms with van der Waals surface area (Å²) in [7, 11) is 1.44. The van der Waals surface area contributed by atoms with Crippen LogP contribution in [0.15, 0.2) is 53.7 Å². The normalized spacial score (nSPS) is 15.9. The fourth-order valence-corrected chi connectivity index (χ4v) is 3.52. The van der Waals surface area contributed by atoms with E-state index in [1.165, 1.54) is 31.1 Å². The zero-order chi connectivity index (χ0) is 24.1. The Labute approximate surface area is 188 Å². The van der Waals surface area contributed by atoms with Gasteiger partial charge in [0.15, 0.2) is 0 Å². The van der Waals surface area contributed by atoms with E-state index < -0.39 is 35.6 Å². The number of carboxylic acid groups (broad SMARTS) is 1. The van der Waals surface area contributed by atoms with Gasteiger partial charge in [0.05, 0.1) is 30.3 Å². The maximum absolute atomic E-state index is 14.6. The van der Waals surface area contributed by atoms with E-state index in [1.54, 1.807) is 12.1 Å². The predicted molar refractivity (Wildman–Crippen MR) is 113 cm³/mol. The minimum atomic E-state index is -1.21. The summed E-state index contributed by atoms with van der Waals surface area (Å²) in [6.45, 7) is 1.57. The van der Waals surface area contributed by atoms with Crippen molar-refractivity contribution >= 4 is 23.7 Å². The molecular weight excluding hydrogens is 438 g/mol. The van der Waals surface area contributed by atoms with Crippen LogP contribution in [-0.2, 0) is 25.5 Å². The number of nitrogens with one attached hydrogen (secondary N) is 1. The first-order valence-corrected chi connectivity index (χ1v) is 9.96. The highest BCUT2D eigenvalue weighted by Gasteiger charge is 2.38. The molecule has 1 heterocycles. The molecule has 2 amide bonds. The number of urea groups is 1. The number of hydrogen-bond donors (Lipinski definition) is 2. The van der Waals surface area contributed by atoms with Crippen molar-refractivity contribution in [2.75, 3.05) is 25.2 Å². The summed E-state index contributed by atoms with van der Waals surface area (Å²) in [5, 5.41) is 11.5. The van der Waals surface area contributed by atoms with Gasteiger partial charge in [-0.1, -0.05) is 18.2 Å². The van der Waals surface area contributed by atoms with Gasteiger partial charge in [0.2, 0.25) is 0 Å². The summed E-state index contributed by atoms with van der Waals surface area (Å²) < 4.78 is 38.1. The van der Waals surface area contributed by atoms with Gasteiger partial charge in [-0.2, -0.15) is 0 Å². The van der Waals surface area contributed by atoms with E-state index in [4.69, 9.17) is 14.6 Å². The summed E-state index contributed by atoms with van der Waals surface area (Å²) in [5.74, 6) is -3.53. The molecule has 174 valence electrons. The molecule has 8 nitrogen and oxygen atoms in total. The monoisotopic (exact) mass is 460 g/mol. The Morgan fingerprint density at radius 3 is 2.42 bits per heavy atom. The molecule has 33 heavy (non-hydrogen) atoms. The first kappa shape index (κ1) is 23.9. The third-order valence-electron chi connectivity index (χ3n) is 5.05. The van der Waals surface area contributed by atoms with E-state index >= 15 is 0 Å². The number of allylic oxidation sites excluding steroid dienone is 1. The van der Waals surface area contributed by atoms with Crippen LogP contribution < -0.4 is 10.2 Å². The number of amides is 2. The molecule has 2 aromatic rings. The number of carbonyl (C=O) groups is 3. The molecule has 0 bridgehead atoms. The fourth-order valence-electron chi connectivity index (χ4n) is 3.52. The minimum Gasteiger partial charge on any atom is -0.481 e. The maximum Gasteiger partial charge on any atom is 0.338 e. The van der Waals surface area contributed by atoms with E-state index in [2.05, 4.69) is 5.32 Å². The van der Waals surface area contributed by atoms with Gasteiger partial charge in [-0.25, -0.2) is 18.4 Å². The molecule has 0 radical (unpaired) electrons. The Bertz CT molecular complexity index is 1100. The number of hydrogen-bond acceptors (Lipinski definition) is 5. The van der Waals surface area contributed by atoms with Gasteiger partial charge in [-0.05, 0) is 30.7 Å². The van der Waals surface area contributed by atoms with Gasteiger partial charge in [0.1, 0.15) is 18.2 Å². The molecule has 2 N–H and O–H groups in total. The highest BCUT2D eigenvalue weighted by atomic mass is 19.1. The molecule has 10 heteroatoms. The Morgan fingerprint density at radius 1 is 1.12 bits per heavy atom. The second kappa shape index (κ2) is 10.2. The first-order chi connectivity index (χ1) is 15.7. The Morgan fingerprint density at radius 2 is 1.82 bits per heavy atom. The van der Waals surface area contributed by atoms with Crippen LogP contribution in [-0.4, -0.2) is 43.4 Å². The van der Waals surface area contributed by atoms with Crippen LogP contribution in [0.4, 0.5) is 19.3 Å². The Kier molecular flexibility index (Phi) is 7.39. The molecule has 3 rings (SSSR count). The summed E-state index contributed by atoms with van der Waals surface area (Å²) in [6.07, 6.45) is -0.190. The second-order valence-corrected chi connectivity index (χ2v) is 7.25. The molecule has 1 atom stereocenters. The summed E-state index contributed by atoms with van der Waals surface area (Å²) >= 11 is 0. The number of anilines is 1. The number of esters is 1. The topological polar surface area (TPSA) is 105 Å². The lowest BCUT2D eigenvalue weighted by Crippen LogP contribution is -2.48. The van der Waals surface area contributed by atoms with Crippen molar-refractivity contribution in [3.8, 4) is 0 Å². The largest absolute Gasteiger partial charge is 0.481 e. The highest BCUT2D eigenvalue weighted by molar-refractivity contribution is 6.03. The van der Waals surface area contributed by atoms with Crippen molar-refractivity contribution < 1.29 is 37.7 Å². The molecule has 0 saturated heterocycles.